The molecule has 1 fully saturated rings. The highest BCUT2D eigenvalue weighted by Crippen LogP contribution is 2.53. The van der Waals surface area contributed by atoms with Gasteiger partial charge in [0.2, 0.25) is 0 Å². The van der Waals surface area contributed by atoms with E-state index in [1.54, 1.807) is 49.4 Å². The zero-order valence-corrected chi connectivity index (χ0v) is 21.8. The smallest absolute Gasteiger partial charge is 0.406 e. The number of hydrogen-bond donors (Lipinski definition) is 2. The molecule has 2 unspecified atom stereocenters. The van der Waals surface area contributed by atoms with Crippen molar-refractivity contribution in [1.82, 2.24) is 10.0 Å². The van der Waals surface area contributed by atoms with Crippen molar-refractivity contribution in [3.63, 3.8) is 0 Å². The first-order valence-electron chi connectivity index (χ1n) is 11.8. The van der Waals surface area contributed by atoms with Gasteiger partial charge in [0, 0.05) is 11.6 Å². The number of carbonyl (C=O) groups is 2. The van der Waals surface area contributed by atoms with Crippen molar-refractivity contribution in [3.05, 3.63) is 90.0 Å². The number of benzene rings is 3. The van der Waals surface area contributed by atoms with Gasteiger partial charge in [-0.3, -0.25) is 4.79 Å². The molecule has 1 aliphatic carbocycles. The third kappa shape index (κ3) is 6.17. The van der Waals surface area contributed by atoms with Crippen LogP contribution in [0.4, 0.5) is 23.7 Å². The lowest BCUT2D eigenvalue weighted by molar-refractivity contribution is -0.134. The van der Waals surface area contributed by atoms with E-state index < -0.39 is 46.1 Å². The van der Waals surface area contributed by atoms with E-state index in [0.717, 1.165) is 0 Å². The van der Waals surface area contributed by atoms with Crippen LogP contribution in [0.1, 0.15) is 23.5 Å². The molecule has 3 amide bonds. The average Bonchev–Trinajstić information content (AvgIpc) is 3.61. The molecule has 2 N–H and O–H groups in total. The number of urea groups is 1. The monoisotopic (exact) mass is 561 g/mol. The van der Waals surface area contributed by atoms with Gasteiger partial charge in [-0.15, -0.1) is 0 Å². The fourth-order valence-corrected chi connectivity index (χ4v) is 5.66. The van der Waals surface area contributed by atoms with Crippen LogP contribution in [-0.4, -0.2) is 45.7 Å². The minimum atomic E-state index is -4.76. The molecule has 206 valence electrons. The van der Waals surface area contributed by atoms with E-state index in [0.29, 0.717) is 21.8 Å². The van der Waals surface area contributed by atoms with Crippen molar-refractivity contribution >= 4 is 27.6 Å². The number of alkyl halides is 3. The van der Waals surface area contributed by atoms with Gasteiger partial charge < -0.3 is 15.0 Å². The second-order valence-corrected chi connectivity index (χ2v) is 10.8. The van der Waals surface area contributed by atoms with Crippen LogP contribution < -0.4 is 19.7 Å². The minimum Gasteiger partial charge on any atom is -0.497 e. The number of methoxy groups -OCH3 is 1. The normalized spacial score (nSPS) is 18.6. The number of carbonyl (C=O) groups excluding carboxylic acids is 2. The minimum absolute atomic E-state index is 0.0296. The van der Waals surface area contributed by atoms with Gasteiger partial charge in [-0.2, -0.15) is 13.2 Å². The molecule has 0 heterocycles. The Morgan fingerprint density at radius 3 is 2.21 bits per heavy atom. The molecule has 8 nitrogen and oxygen atoms in total. The lowest BCUT2D eigenvalue weighted by atomic mass is 10.0. The first-order valence-corrected chi connectivity index (χ1v) is 13.3. The summed E-state index contributed by atoms with van der Waals surface area (Å²) in [6.07, 6.45) is -4.79. The topological polar surface area (TPSA) is 105 Å². The highest BCUT2D eigenvalue weighted by molar-refractivity contribution is 7.90. The van der Waals surface area contributed by atoms with Gasteiger partial charge >= 0.3 is 12.2 Å². The van der Waals surface area contributed by atoms with Gasteiger partial charge in [0.1, 0.15) is 17.8 Å². The second kappa shape index (κ2) is 10.6. The number of nitrogens with one attached hydrogen (secondary N) is 2. The summed E-state index contributed by atoms with van der Waals surface area (Å²) >= 11 is 0. The van der Waals surface area contributed by atoms with Crippen LogP contribution in [0.5, 0.6) is 5.75 Å². The molecule has 3 aromatic carbocycles. The summed E-state index contributed by atoms with van der Waals surface area (Å²) in [7, 11) is -2.94. The van der Waals surface area contributed by atoms with Crippen LogP contribution in [0.15, 0.2) is 83.8 Å². The number of hydrogen-bond acceptors (Lipinski definition) is 5. The zero-order chi connectivity index (χ0) is 28.4. The molecule has 0 aliphatic heterocycles. The van der Waals surface area contributed by atoms with Gasteiger partial charge in [-0.05, 0) is 54.8 Å². The Hall–Kier alpha value is -4.06. The molecule has 1 aliphatic rings. The fourth-order valence-electron chi connectivity index (χ4n) is 4.50. The number of sulfonamides is 1. The Labute approximate surface area is 223 Å². The van der Waals surface area contributed by atoms with Gasteiger partial charge in [-0.1, -0.05) is 48.5 Å². The summed E-state index contributed by atoms with van der Waals surface area (Å²) in [6, 6.07) is 18.7. The predicted molar refractivity (Wildman–Crippen MR) is 138 cm³/mol. The number of rotatable bonds is 8. The highest BCUT2D eigenvalue weighted by Gasteiger charge is 2.64. The number of anilines is 1. The van der Waals surface area contributed by atoms with Gasteiger partial charge in [0.25, 0.3) is 15.9 Å². The molecule has 2 atom stereocenters. The molecule has 0 saturated heterocycles. The summed E-state index contributed by atoms with van der Waals surface area (Å²) in [5, 5.41) is 2.41. The summed E-state index contributed by atoms with van der Waals surface area (Å²) < 4.78 is 73.6. The van der Waals surface area contributed by atoms with Gasteiger partial charge in [0.15, 0.2) is 0 Å². The fraction of sp³-hybridized carbons (Fsp3) is 0.259. The van der Waals surface area contributed by atoms with Crippen molar-refractivity contribution in [3.8, 4) is 5.75 Å². The van der Waals surface area contributed by atoms with E-state index in [4.69, 9.17) is 4.74 Å². The highest BCUT2D eigenvalue weighted by atomic mass is 32.2. The predicted octanol–water partition coefficient (Wildman–Crippen LogP) is 4.51. The zero-order valence-electron chi connectivity index (χ0n) is 21.0. The Morgan fingerprint density at radius 1 is 1.00 bits per heavy atom. The summed E-state index contributed by atoms with van der Waals surface area (Å²) in [6.45, 7) is -0.0695. The maximum absolute atomic E-state index is 13.9. The van der Waals surface area contributed by atoms with E-state index in [2.05, 4.69) is 5.32 Å². The largest absolute Gasteiger partial charge is 0.497 e. The molecule has 39 heavy (non-hydrogen) atoms. The molecule has 0 bridgehead atoms. The van der Waals surface area contributed by atoms with Gasteiger partial charge in [0.05, 0.1) is 12.0 Å². The maximum atomic E-state index is 13.9. The molecular weight excluding hydrogens is 535 g/mol. The number of aryl methyl sites for hydroxylation is 1. The van der Waals surface area contributed by atoms with Crippen LogP contribution in [0.25, 0.3) is 0 Å². The van der Waals surface area contributed by atoms with Crippen molar-refractivity contribution in [2.24, 2.45) is 0 Å². The lowest BCUT2D eigenvalue weighted by Crippen LogP contribution is -2.56. The van der Waals surface area contributed by atoms with Crippen LogP contribution in [0.3, 0.4) is 0 Å². The van der Waals surface area contributed by atoms with Crippen LogP contribution in [0.2, 0.25) is 0 Å². The summed E-state index contributed by atoms with van der Waals surface area (Å²) in [4.78, 5) is 27.3. The Kier molecular flexibility index (Phi) is 7.60. The van der Waals surface area contributed by atoms with Crippen LogP contribution in [0, 0.1) is 6.92 Å². The molecular formula is C27H26F3N3O5S. The molecule has 1 saturated carbocycles. The molecule has 0 radical (unpaired) electrons. The lowest BCUT2D eigenvalue weighted by Gasteiger charge is -2.30. The number of amides is 3. The third-order valence-electron chi connectivity index (χ3n) is 6.46. The first kappa shape index (κ1) is 28.0. The molecule has 4 rings (SSSR count). The van der Waals surface area contributed by atoms with Crippen molar-refractivity contribution in [2.45, 2.75) is 35.9 Å². The van der Waals surface area contributed by atoms with E-state index in [1.807, 2.05) is 4.72 Å². The van der Waals surface area contributed by atoms with Crippen LogP contribution >= 0.6 is 0 Å². The second-order valence-electron chi connectivity index (χ2n) is 9.17. The third-order valence-corrected chi connectivity index (χ3v) is 7.95. The number of halogens is 3. The Balaban J connectivity index is 1.69. The van der Waals surface area contributed by atoms with E-state index >= 15 is 0 Å². The van der Waals surface area contributed by atoms with E-state index in [-0.39, 0.29) is 17.0 Å². The molecule has 3 aromatic rings. The summed E-state index contributed by atoms with van der Waals surface area (Å²) in [5.74, 6) is -1.34. The average molecular weight is 562 g/mol. The van der Waals surface area contributed by atoms with Crippen LogP contribution in [-0.2, 0) is 14.8 Å². The maximum Gasteiger partial charge on any atom is 0.406 e. The quantitative estimate of drug-likeness (QED) is 0.421. The SMILES string of the molecule is COc1ccc(N(CC(F)(F)F)C(=O)C2(NC(=O)NS(=O)(=O)c3ccccc3C)CC2c2ccccc2)cc1. The number of ether oxygens (including phenoxy) is 1. The van der Waals surface area contributed by atoms with Crippen molar-refractivity contribution < 1.29 is 35.9 Å². The van der Waals surface area contributed by atoms with E-state index in [9.17, 15) is 31.2 Å². The number of nitrogens with zero attached hydrogens (tertiary/aromatic N) is 1. The van der Waals surface area contributed by atoms with Crippen molar-refractivity contribution in [2.75, 3.05) is 18.6 Å². The molecule has 0 aromatic heterocycles. The summed E-state index contributed by atoms with van der Waals surface area (Å²) in [5.41, 5.74) is -0.897. The van der Waals surface area contributed by atoms with E-state index in [1.165, 1.54) is 43.5 Å². The standard InChI is InChI=1S/C27H26F3N3O5S/c1-18-8-6-7-11-23(18)39(36,37)32-25(35)31-26(16-22(26)19-9-4-3-5-10-19)24(34)33(17-27(28,29)30)20-12-14-21(38-2)15-13-20/h3-15,22H,16-17H2,1-2H3,(H2,31,32,35). The molecule has 12 heteroatoms. The Morgan fingerprint density at radius 2 is 1.62 bits per heavy atom. The van der Waals surface area contributed by atoms with Gasteiger partial charge in [-0.25, -0.2) is 17.9 Å². The first-order chi connectivity index (χ1) is 18.4. The Bertz CT molecular complexity index is 1460. The van der Waals surface area contributed by atoms with Crippen molar-refractivity contribution in [1.29, 1.82) is 0 Å². The molecule has 0 spiro atoms.